The van der Waals surface area contributed by atoms with E-state index in [1.807, 2.05) is 6.07 Å². The largest absolute Gasteiger partial charge is 0.396 e. The van der Waals surface area contributed by atoms with E-state index in [9.17, 15) is 4.39 Å². The summed E-state index contributed by atoms with van der Waals surface area (Å²) in [5.41, 5.74) is 1.09. The van der Waals surface area contributed by atoms with Gasteiger partial charge in [0.05, 0.1) is 11.6 Å². The first-order valence-electron chi connectivity index (χ1n) is 6.78. The van der Waals surface area contributed by atoms with Crippen LogP contribution >= 0.6 is 0 Å². The van der Waals surface area contributed by atoms with Crippen molar-refractivity contribution in [2.75, 3.05) is 13.2 Å². The molecule has 0 aromatic heterocycles. The fraction of sp³-hybridized carbons (Fsp3) is 0.533. The minimum absolute atomic E-state index is 0.211. The summed E-state index contributed by atoms with van der Waals surface area (Å²) in [5, 5.41) is 17.8. The number of hydrogen-bond donors (Lipinski definition) is 1. The van der Waals surface area contributed by atoms with Gasteiger partial charge < -0.3 is 5.11 Å². The first-order chi connectivity index (χ1) is 9.24. The molecular weight excluding hydrogens is 243 g/mol. The molecule has 102 valence electrons. The van der Waals surface area contributed by atoms with Crippen molar-refractivity contribution in [1.82, 2.24) is 4.90 Å². The van der Waals surface area contributed by atoms with Crippen LogP contribution in [0.15, 0.2) is 18.2 Å². The molecule has 1 fully saturated rings. The van der Waals surface area contributed by atoms with E-state index in [1.54, 1.807) is 6.07 Å². The van der Waals surface area contributed by atoms with Gasteiger partial charge in [-0.05, 0) is 50.4 Å². The number of aliphatic hydroxyl groups excluding tert-OH is 1. The smallest absolute Gasteiger partial charge is 0.127 e. The molecule has 1 atom stereocenters. The highest BCUT2D eigenvalue weighted by molar-refractivity contribution is 5.33. The number of benzene rings is 1. The zero-order chi connectivity index (χ0) is 13.7. The molecule has 1 saturated heterocycles. The van der Waals surface area contributed by atoms with Crippen molar-refractivity contribution in [2.45, 2.75) is 38.3 Å². The molecule has 1 aromatic carbocycles. The molecule has 19 heavy (non-hydrogen) atoms. The van der Waals surface area contributed by atoms with Gasteiger partial charge in [-0.15, -0.1) is 0 Å². The molecule has 1 aliphatic heterocycles. The number of hydrogen-bond acceptors (Lipinski definition) is 3. The van der Waals surface area contributed by atoms with Crippen molar-refractivity contribution in [1.29, 1.82) is 5.26 Å². The maximum absolute atomic E-state index is 13.8. The van der Waals surface area contributed by atoms with E-state index < -0.39 is 0 Å². The standard InChI is InChI=1S/C15H19FN2O/c16-15-6-5-12(10-17)9-13(15)11-18-7-1-3-14(18)4-2-8-19/h5-6,9,14,19H,1-4,7-8,11H2. The number of aliphatic hydroxyl groups is 1. The van der Waals surface area contributed by atoms with Crippen LogP contribution in [0.3, 0.4) is 0 Å². The highest BCUT2D eigenvalue weighted by atomic mass is 19.1. The van der Waals surface area contributed by atoms with E-state index in [0.29, 0.717) is 23.7 Å². The number of nitriles is 1. The fourth-order valence-corrected chi connectivity index (χ4v) is 2.74. The highest BCUT2D eigenvalue weighted by Gasteiger charge is 2.24. The van der Waals surface area contributed by atoms with Crippen LogP contribution in [0, 0.1) is 17.1 Å². The van der Waals surface area contributed by atoms with Crippen LogP contribution in [0.5, 0.6) is 0 Å². The summed E-state index contributed by atoms with van der Waals surface area (Å²) in [4.78, 5) is 2.26. The summed E-state index contributed by atoms with van der Waals surface area (Å²) >= 11 is 0. The maximum Gasteiger partial charge on any atom is 0.127 e. The predicted molar refractivity (Wildman–Crippen MR) is 70.9 cm³/mol. The van der Waals surface area contributed by atoms with Crippen molar-refractivity contribution in [2.24, 2.45) is 0 Å². The van der Waals surface area contributed by atoms with Gasteiger partial charge in [0.15, 0.2) is 0 Å². The molecule has 2 rings (SSSR count). The Hall–Kier alpha value is -1.44. The van der Waals surface area contributed by atoms with E-state index in [1.165, 1.54) is 12.1 Å². The van der Waals surface area contributed by atoms with Gasteiger partial charge in [0.1, 0.15) is 5.82 Å². The number of likely N-dealkylation sites (tertiary alicyclic amines) is 1. The fourth-order valence-electron chi connectivity index (χ4n) is 2.74. The Kier molecular flexibility index (Phi) is 4.89. The Bertz CT molecular complexity index is 470. The summed E-state index contributed by atoms with van der Waals surface area (Å²) in [6, 6.07) is 6.98. The average molecular weight is 262 g/mol. The minimum atomic E-state index is -0.244. The second-order valence-corrected chi connectivity index (χ2v) is 5.05. The van der Waals surface area contributed by atoms with Crippen LogP contribution < -0.4 is 0 Å². The molecule has 0 saturated carbocycles. The van der Waals surface area contributed by atoms with Crippen molar-refractivity contribution >= 4 is 0 Å². The third-order valence-corrected chi connectivity index (χ3v) is 3.74. The van der Waals surface area contributed by atoms with E-state index in [4.69, 9.17) is 10.4 Å². The topological polar surface area (TPSA) is 47.3 Å². The second kappa shape index (κ2) is 6.65. The maximum atomic E-state index is 13.8. The lowest BCUT2D eigenvalue weighted by Gasteiger charge is -2.24. The van der Waals surface area contributed by atoms with Gasteiger partial charge in [0.25, 0.3) is 0 Å². The van der Waals surface area contributed by atoms with Crippen molar-refractivity contribution in [3.05, 3.63) is 35.1 Å². The zero-order valence-corrected chi connectivity index (χ0v) is 11.0. The minimum Gasteiger partial charge on any atom is -0.396 e. The lowest BCUT2D eigenvalue weighted by Crippen LogP contribution is -2.29. The summed E-state index contributed by atoms with van der Waals surface area (Å²) in [6.45, 7) is 1.73. The summed E-state index contributed by atoms with van der Waals surface area (Å²) in [6.07, 6.45) is 3.98. The van der Waals surface area contributed by atoms with Crippen molar-refractivity contribution in [3.8, 4) is 6.07 Å². The second-order valence-electron chi connectivity index (χ2n) is 5.05. The Morgan fingerprint density at radius 2 is 2.32 bits per heavy atom. The first-order valence-corrected chi connectivity index (χ1v) is 6.78. The van der Waals surface area contributed by atoms with Gasteiger partial charge in [0, 0.05) is 24.8 Å². The number of halogens is 1. The van der Waals surface area contributed by atoms with E-state index in [0.717, 1.165) is 32.2 Å². The van der Waals surface area contributed by atoms with Crippen LogP contribution in [0.4, 0.5) is 4.39 Å². The third-order valence-electron chi connectivity index (χ3n) is 3.74. The molecule has 0 aliphatic carbocycles. The predicted octanol–water partition coefficient (Wildman–Crippen LogP) is 2.43. The molecule has 1 aliphatic rings. The normalized spacial score (nSPS) is 19.5. The van der Waals surface area contributed by atoms with Crippen LogP contribution in [0.25, 0.3) is 0 Å². The average Bonchev–Trinajstić information content (AvgIpc) is 2.86. The van der Waals surface area contributed by atoms with Crippen molar-refractivity contribution < 1.29 is 9.50 Å². The Balaban J connectivity index is 2.05. The van der Waals surface area contributed by atoms with Gasteiger partial charge in [-0.25, -0.2) is 4.39 Å². The number of rotatable bonds is 5. The zero-order valence-electron chi connectivity index (χ0n) is 11.0. The van der Waals surface area contributed by atoms with E-state index in [-0.39, 0.29) is 12.4 Å². The molecule has 3 nitrogen and oxygen atoms in total. The van der Waals surface area contributed by atoms with Gasteiger partial charge in [-0.2, -0.15) is 5.26 Å². The monoisotopic (exact) mass is 262 g/mol. The Morgan fingerprint density at radius 1 is 1.47 bits per heavy atom. The molecule has 1 aromatic rings. The highest BCUT2D eigenvalue weighted by Crippen LogP contribution is 2.24. The molecule has 0 amide bonds. The van der Waals surface area contributed by atoms with Crippen LogP contribution in [0.2, 0.25) is 0 Å². The van der Waals surface area contributed by atoms with Gasteiger partial charge >= 0.3 is 0 Å². The van der Waals surface area contributed by atoms with Gasteiger partial charge in [-0.3, -0.25) is 4.90 Å². The Morgan fingerprint density at radius 3 is 3.05 bits per heavy atom. The molecule has 1 heterocycles. The summed E-state index contributed by atoms with van der Waals surface area (Å²) in [7, 11) is 0. The van der Waals surface area contributed by atoms with Gasteiger partial charge in [0.2, 0.25) is 0 Å². The molecule has 0 radical (unpaired) electrons. The third kappa shape index (κ3) is 3.52. The van der Waals surface area contributed by atoms with Crippen LogP contribution in [0.1, 0.15) is 36.8 Å². The molecule has 1 N–H and O–H groups in total. The lowest BCUT2D eigenvalue weighted by molar-refractivity contribution is 0.208. The van der Waals surface area contributed by atoms with Crippen LogP contribution in [-0.2, 0) is 6.54 Å². The number of nitrogens with zero attached hydrogens (tertiary/aromatic N) is 2. The van der Waals surface area contributed by atoms with E-state index in [2.05, 4.69) is 4.90 Å². The quantitative estimate of drug-likeness (QED) is 0.886. The molecule has 0 bridgehead atoms. The summed E-state index contributed by atoms with van der Waals surface area (Å²) < 4.78 is 13.8. The van der Waals surface area contributed by atoms with Crippen molar-refractivity contribution in [3.63, 3.8) is 0 Å². The molecule has 1 unspecified atom stereocenters. The SMILES string of the molecule is N#Cc1ccc(F)c(CN2CCCC2CCCO)c1. The van der Waals surface area contributed by atoms with Crippen LogP contribution in [-0.4, -0.2) is 29.2 Å². The lowest BCUT2D eigenvalue weighted by atomic mass is 10.1. The molecule has 0 spiro atoms. The molecular formula is C15H19FN2O. The van der Waals surface area contributed by atoms with Gasteiger partial charge in [-0.1, -0.05) is 0 Å². The molecule has 4 heteroatoms. The Labute approximate surface area is 113 Å². The summed E-state index contributed by atoms with van der Waals surface area (Å²) in [5.74, 6) is -0.244. The first kappa shape index (κ1) is 14.0. The van der Waals surface area contributed by atoms with E-state index >= 15 is 0 Å².